The van der Waals surface area contributed by atoms with Crippen molar-refractivity contribution in [3.05, 3.63) is 106 Å². The first-order valence-electron chi connectivity index (χ1n) is 12.3. The zero-order valence-electron chi connectivity index (χ0n) is 20.3. The summed E-state index contributed by atoms with van der Waals surface area (Å²) in [7, 11) is 0. The van der Waals surface area contributed by atoms with Crippen molar-refractivity contribution < 1.29 is 9.18 Å². The molecule has 0 radical (unpaired) electrons. The molecule has 1 aliphatic rings. The molecule has 9 nitrogen and oxygen atoms in total. The van der Waals surface area contributed by atoms with Crippen LogP contribution in [0, 0.1) is 5.82 Å². The van der Waals surface area contributed by atoms with Crippen LogP contribution in [0.15, 0.2) is 88.5 Å². The van der Waals surface area contributed by atoms with E-state index >= 15 is 0 Å². The highest BCUT2D eigenvalue weighted by molar-refractivity contribution is 5.92. The van der Waals surface area contributed by atoms with Gasteiger partial charge in [0.05, 0.1) is 11.2 Å². The summed E-state index contributed by atoms with van der Waals surface area (Å²) in [6.07, 6.45) is 0. The summed E-state index contributed by atoms with van der Waals surface area (Å²) in [5.74, 6) is -0.530. The van der Waals surface area contributed by atoms with Gasteiger partial charge in [0.15, 0.2) is 11.3 Å². The lowest BCUT2D eigenvalue weighted by molar-refractivity contribution is -0.132. The summed E-state index contributed by atoms with van der Waals surface area (Å²) in [5, 5.41) is 4.90. The normalized spacial score (nSPS) is 13.8. The molecule has 38 heavy (non-hydrogen) atoms. The van der Waals surface area contributed by atoms with Crippen molar-refractivity contribution in [2.75, 3.05) is 31.1 Å². The Morgan fingerprint density at radius 1 is 0.842 bits per heavy atom. The third kappa shape index (κ3) is 4.09. The second-order valence-corrected chi connectivity index (χ2v) is 9.07. The maximum atomic E-state index is 14.2. The Hall–Kier alpha value is -4.86. The van der Waals surface area contributed by atoms with Crippen LogP contribution >= 0.6 is 0 Å². The summed E-state index contributed by atoms with van der Waals surface area (Å²) in [4.78, 5) is 47.6. The van der Waals surface area contributed by atoms with Crippen molar-refractivity contribution in [1.82, 2.24) is 24.1 Å². The van der Waals surface area contributed by atoms with Crippen LogP contribution in [0.1, 0.15) is 0 Å². The Bertz CT molecular complexity index is 1790. The van der Waals surface area contributed by atoms with Crippen molar-refractivity contribution in [1.29, 1.82) is 0 Å². The average Bonchev–Trinajstić information content (AvgIpc) is 2.96. The minimum Gasteiger partial charge on any atom is -0.366 e. The number of amides is 1. The van der Waals surface area contributed by atoms with Crippen LogP contribution < -0.4 is 16.1 Å². The minimum absolute atomic E-state index is 0.0534. The molecule has 0 bridgehead atoms. The van der Waals surface area contributed by atoms with E-state index in [1.54, 1.807) is 71.6 Å². The second-order valence-electron chi connectivity index (χ2n) is 9.07. The third-order valence-electron chi connectivity index (χ3n) is 6.82. The van der Waals surface area contributed by atoms with Crippen LogP contribution in [0.5, 0.6) is 0 Å². The number of para-hydroxylation sites is 2. The highest BCUT2D eigenvalue weighted by atomic mass is 19.1. The van der Waals surface area contributed by atoms with Gasteiger partial charge in [0.2, 0.25) is 5.91 Å². The molecule has 5 aromatic rings. The van der Waals surface area contributed by atoms with Gasteiger partial charge >= 0.3 is 5.69 Å². The molecule has 0 atom stereocenters. The van der Waals surface area contributed by atoms with Crippen LogP contribution in [-0.2, 0) is 11.3 Å². The molecule has 0 N–H and O–H groups in total. The summed E-state index contributed by atoms with van der Waals surface area (Å²) >= 11 is 0. The maximum Gasteiger partial charge on any atom is 0.351 e. The number of hydrogen-bond acceptors (Lipinski definition) is 6. The number of carbonyl (C=O) groups excluding carboxylic acids is 1. The van der Waals surface area contributed by atoms with Gasteiger partial charge in [-0.25, -0.2) is 9.18 Å². The lowest BCUT2D eigenvalue weighted by Crippen LogP contribution is -2.50. The Kier molecular flexibility index (Phi) is 5.91. The van der Waals surface area contributed by atoms with Gasteiger partial charge in [-0.1, -0.05) is 54.6 Å². The van der Waals surface area contributed by atoms with E-state index in [0.29, 0.717) is 48.3 Å². The lowest BCUT2D eigenvalue weighted by atomic mass is 10.2. The zero-order chi connectivity index (χ0) is 26.2. The van der Waals surface area contributed by atoms with Crippen molar-refractivity contribution >= 4 is 28.1 Å². The molecule has 0 spiro atoms. The van der Waals surface area contributed by atoms with Crippen LogP contribution in [0.2, 0.25) is 0 Å². The predicted octanol–water partition coefficient (Wildman–Crippen LogP) is 2.56. The number of hydrogen-bond donors (Lipinski definition) is 0. The minimum atomic E-state index is -0.568. The van der Waals surface area contributed by atoms with Crippen LogP contribution in [-0.4, -0.2) is 56.2 Å². The van der Waals surface area contributed by atoms with Crippen molar-refractivity contribution in [3.8, 4) is 11.3 Å². The van der Waals surface area contributed by atoms with Gasteiger partial charge in [-0.3, -0.25) is 14.2 Å². The molecule has 3 heterocycles. The average molecular weight is 511 g/mol. The van der Waals surface area contributed by atoms with Gasteiger partial charge in [0, 0.05) is 37.1 Å². The fourth-order valence-electron chi connectivity index (χ4n) is 4.88. The topological polar surface area (TPSA) is 92.8 Å². The molecule has 1 saturated heterocycles. The van der Waals surface area contributed by atoms with Gasteiger partial charge in [0.25, 0.3) is 5.56 Å². The van der Waals surface area contributed by atoms with Crippen LogP contribution in [0.3, 0.4) is 0 Å². The van der Waals surface area contributed by atoms with E-state index in [1.807, 2.05) is 11.0 Å². The van der Waals surface area contributed by atoms with E-state index in [1.165, 1.54) is 10.6 Å². The van der Waals surface area contributed by atoms with E-state index in [4.69, 9.17) is 0 Å². The van der Waals surface area contributed by atoms with E-state index in [9.17, 15) is 18.8 Å². The zero-order valence-corrected chi connectivity index (χ0v) is 20.3. The number of fused-ring (bicyclic) bond motifs is 3. The molecule has 190 valence electrons. The SMILES string of the molecule is O=C(Cn1c(=O)n2nc(-c3ccccc3)c(=O)nc2c2ccccc21)N1CCN(c2ccccc2F)CC1. The van der Waals surface area contributed by atoms with Gasteiger partial charge in [-0.15, -0.1) is 0 Å². The molecule has 0 aliphatic carbocycles. The summed E-state index contributed by atoms with van der Waals surface area (Å²) in [5.41, 5.74) is 0.622. The predicted molar refractivity (Wildman–Crippen MR) is 142 cm³/mol. The molecule has 10 heteroatoms. The largest absolute Gasteiger partial charge is 0.366 e. The van der Waals surface area contributed by atoms with Gasteiger partial charge in [-0.05, 0) is 24.3 Å². The van der Waals surface area contributed by atoms with Crippen LogP contribution in [0.25, 0.3) is 27.8 Å². The highest BCUT2D eigenvalue weighted by Gasteiger charge is 2.24. The number of carbonyl (C=O) groups is 1. The monoisotopic (exact) mass is 510 g/mol. The number of anilines is 1. The van der Waals surface area contributed by atoms with E-state index in [-0.39, 0.29) is 29.6 Å². The van der Waals surface area contributed by atoms with Gasteiger partial charge in [-0.2, -0.15) is 14.6 Å². The molecule has 1 amide bonds. The molecule has 0 unspecified atom stereocenters. The van der Waals surface area contributed by atoms with Crippen molar-refractivity contribution in [3.63, 3.8) is 0 Å². The summed E-state index contributed by atoms with van der Waals surface area (Å²) < 4.78 is 16.7. The number of halogens is 1. The number of piperazine rings is 1. The maximum absolute atomic E-state index is 14.2. The Balaban J connectivity index is 1.35. The summed E-state index contributed by atoms with van der Waals surface area (Å²) in [6.45, 7) is 1.56. The first kappa shape index (κ1) is 23.5. The molecular weight excluding hydrogens is 487 g/mol. The van der Waals surface area contributed by atoms with Crippen molar-refractivity contribution in [2.45, 2.75) is 6.54 Å². The third-order valence-corrected chi connectivity index (χ3v) is 6.82. The summed E-state index contributed by atoms with van der Waals surface area (Å²) in [6, 6.07) is 22.4. The van der Waals surface area contributed by atoms with Gasteiger partial charge < -0.3 is 9.80 Å². The molecule has 1 fully saturated rings. The first-order valence-corrected chi connectivity index (χ1v) is 12.3. The molecule has 2 aromatic heterocycles. The molecule has 3 aromatic carbocycles. The van der Waals surface area contributed by atoms with E-state index in [0.717, 1.165) is 4.52 Å². The number of benzene rings is 3. The van der Waals surface area contributed by atoms with Crippen LogP contribution in [0.4, 0.5) is 10.1 Å². The molecular formula is C28H23FN6O3. The molecule has 0 saturated carbocycles. The Morgan fingerprint density at radius 3 is 2.29 bits per heavy atom. The van der Waals surface area contributed by atoms with Gasteiger partial charge in [0.1, 0.15) is 12.4 Å². The second kappa shape index (κ2) is 9.55. The quantitative estimate of drug-likeness (QED) is 0.345. The number of aromatic nitrogens is 4. The van der Waals surface area contributed by atoms with Crippen molar-refractivity contribution in [2.24, 2.45) is 0 Å². The van der Waals surface area contributed by atoms with E-state index < -0.39 is 11.2 Å². The molecule has 1 aliphatic heterocycles. The van der Waals surface area contributed by atoms with E-state index in [2.05, 4.69) is 10.1 Å². The number of rotatable bonds is 4. The fourth-order valence-corrected chi connectivity index (χ4v) is 4.88. The molecule has 6 rings (SSSR count). The Labute approximate surface area is 216 Å². The number of nitrogens with zero attached hydrogens (tertiary/aromatic N) is 6. The highest BCUT2D eigenvalue weighted by Crippen LogP contribution is 2.21. The smallest absolute Gasteiger partial charge is 0.351 e. The standard InChI is InChI=1S/C28H23FN6O3/c29-21-11-5-7-13-23(21)32-14-16-33(17-15-32)24(36)18-34-22-12-6-4-10-20(22)26-30-27(37)25(31-35(26)28(34)38)19-8-2-1-3-9-19/h1-13H,14-18H2. The Morgan fingerprint density at radius 2 is 1.53 bits per heavy atom. The lowest BCUT2D eigenvalue weighted by Gasteiger charge is -2.36. The fraction of sp³-hybridized carbons (Fsp3) is 0.179. The first-order chi connectivity index (χ1) is 18.5.